The van der Waals surface area contributed by atoms with Crippen molar-refractivity contribution >= 4 is 20.9 Å². The van der Waals surface area contributed by atoms with Crippen LogP contribution in [0.3, 0.4) is 0 Å². The molecule has 0 fully saturated rings. The molecular weight excluding hydrogens is 459 g/mol. The van der Waals surface area contributed by atoms with Crippen LogP contribution in [0.4, 0.5) is 4.39 Å². The summed E-state index contributed by atoms with van der Waals surface area (Å²) in [5.41, 5.74) is 1.04. The summed E-state index contributed by atoms with van der Waals surface area (Å²) < 4.78 is 53.7. The minimum absolute atomic E-state index is 0.0316. The Balaban J connectivity index is 1.57. The summed E-state index contributed by atoms with van der Waals surface area (Å²) in [5, 5.41) is 0.668. The molecule has 0 radical (unpaired) electrons. The number of rotatable bonds is 6. The Hall–Kier alpha value is -3.69. The first kappa shape index (κ1) is 22.1. The minimum Gasteiger partial charge on any atom is -0.486 e. The molecule has 0 bridgehead atoms. The van der Waals surface area contributed by atoms with Gasteiger partial charge in [0.2, 0.25) is 10.0 Å². The fourth-order valence-corrected chi connectivity index (χ4v) is 5.37. The third-order valence-corrected chi connectivity index (χ3v) is 7.41. The maximum absolute atomic E-state index is 14.5. The zero-order chi connectivity index (χ0) is 23.7. The lowest BCUT2D eigenvalue weighted by Gasteiger charge is -2.23. The number of aromatic nitrogens is 1. The molecule has 7 nitrogen and oxygen atoms in total. The summed E-state index contributed by atoms with van der Waals surface area (Å²) in [6.45, 7) is 0.561. The van der Waals surface area contributed by atoms with E-state index in [1.54, 1.807) is 42.5 Å². The summed E-state index contributed by atoms with van der Waals surface area (Å²) >= 11 is 0. The van der Waals surface area contributed by atoms with Gasteiger partial charge in [-0.25, -0.2) is 12.8 Å². The predicted octanol–water partition coefficient (Wildman–Crippen LogP) is 3.83. The van der Waals surface area contributed by atoms with E-state index >= 15 is 0 Å². The molecule has 1 N–H and O–H groups in total. The van der Waals surface area contributed by atoms with Crippen LogP contribution in [-0.4, -0.2) is 30.9 Å². The number of sulfonamides is 1. The number of aromatic amines is 1. The summed E-state index contributed by atoms with van der Waals surface area (Å²) in [5.74, 6) is 0.239. The van der Waals surface area contributed by atoms with E-state index in [0.29, 0.717) is 41.2 Å². The average Bonchev–Trinajstić information content (AvgIpc) is 2.83. The second-order valence-corrected chi connectivity index (χ2v) is 9.80. The van der Waals surface area contributed by atoms with Crippen molar-refractivity contribution in [2.45, 2.75) is 18.0 Å². The minimum atomic E-state index is -4.25. The summed E-state index contributed by atoms with van der Waals surface area (Å²) in [6, 6.07) is 19.2. The second kappa shape index (κ2) is 8.92. The number of ether oxygens (including phenoxy) is 2. The lowest BCUT2D eigenvalue weighted by molar-refractivity contribution is 0.172. The van der Waals surface area contributed by atoms with Crippen molar-refractivity contribution in [3.05, 3.63) is 100 Å². The van der Waals surface area contributed by atoms with Crippen LogP contribution < -0.4 is 15.0 Å². The van der Waals surface area contributed by atoms with Gasteiger partial charge in [0.1, 0.15) is 23.9 Å². The number of nitrogens with one attached hydrogen (secondary N) is 1. The zero-order valence-electron chi connectivity index (χ0n) is 18.0. The van der Waals surface area contributed by atoms with Crippen LogP contribution in [-0.2, 0) is 23.1 Å². The Bertz CT molecular complexity index is 1520. The van der Waals surface area contributed by atoms with Gasteiger partial charge < -0.3 is 14.5 Å². The predicted molar refractivity (Wildman–Crippen MR) is 125 cm³/mol. The van der Waals surface area contributed by atoms with Gasteiger partial charge >= 0.3 is 0 Å². The zero-order valence-corrected chi connectivity index (χ0v) is 18.8. The third kappa shape index (κ3) is 4.27. The maximum atomic E-state index is 14.5. The standard InChI is InChI=1S/C25H21FN2O5S/c26-20-8-4-5-9-24(20)34(30,31)28(15-17-6-2-1-3-7-17)16-19-12-18-13-22-23(33-11-10-32-22)14-21(18)27-25(19)29/h1-9,12-14H,10-11,15-16H2,(H,27,29). The van der Waals surface area contributed by atoms with Crippen molar-refractivity contribution in [3.63, 3.8) is 0 Å². The van der Waals surface area contributed by atoms with E-state index in [9.17, 15) is 17.6 Å². The molecule has 34 heavy (non-hydrogen) atoms. The number of nitrogens with zero attached hydrogens (tertiary/aromatic N) is 1. The van der Waals surface area contributed by atoms with E-state index in [0.717, 1.165) is 10.4 Å². The normalized spacial score (nSPS) is 13.4. The summed E-state index contributed by atoms with van der Waals surface area (Å²) in [4.78, 5) is 15.2. The van der Waals surface area contributed by atoms with Crippen molar-refractivity contribution in [2.75, 3.05) is 13.2 Å². The lowest BCUT2D eigenvalue weighted by atomic mass is 10.1. The highest BCUT2D eigenvalue weighted by molar-refractivity contribution is 7.89. The molecule has 0 saturated heterocycles. The molecule has 1 aromatic heterocycles. The molecule has 3 aromatic carbocycles. The molecule has 0 saturated carbocycles. The quantitative estimate of drug-likeness (QED) is 0.453. The lowest BCUT2D eigenvalue weighted by Crippen LogP contribution is -2.33. The molecule has 2 heterocycles. The molecule has 5 rings (SSSR count). The van der Waals surface area contributed by atoms with Gasteiger partial charge in [-0.2, -0.15) is 4.31 Å². The van der Waals surface area contributed by atoms with Gasteiger partial charge in [0.25, 0.3) is 5.56 Å². The number of benzene rings is 3. The van der Waals surface area contributed by atoms with Gasteiger partial charge in [-0.1, -0.05) is 42.5 Å². The molecule has 0 unspecified atom stereocenters. The van der Waals surface area contributed by atoms with Crippen LogP contribution in [0.1, 0.15) is 11.1 Å². The van der Waals surface area contributed by atoms with Crippen LogP contribution in [0, 0.1) is 5.82 Å². The smallest absolute Gasteiger partial charge is 0.252 e. The van der Waals surface area contributed by atoms with Crippen molar-refractivity contribution in [1.82, 2.24) is 9.29 Å². The molecule has 9 heteroatoms. The molecule has 1 aliphatic rings. The summed E-state index contributed by atoms with van der Waals surface area (Å²) in [6.07, 6.45) is 0. The molecule has 1 aliphatic heterocycles. The Morgan fingerprint density at radius 3 is 2.29 bits per heavy atom. The maximum Gasteiger partial charge on any atom is 0.252 e. The largest absolute Gasteiger partial charge is 0.486 e. The molecule has 4 aromatic rings. The van der Waals surface area contributed by atoms with Crippen molar-refractivity contribution in [1.29, 1.82) is 0 Å². The van der Waals surface area contributed by atoms with E-state index in [1.807, 2.05) is 6.07 Å². The Morgan fingerprint density at radius 2 is 1.56 bits per heavy atom. The first-order valence-electron chi connectivity index (χ1n) is 10.7. The Labute approximate surface area is 195 Å². The van der Waals surface area contributed by atoms with Gasteiger partial charge in [0.05, 0.1) is 5.52 Å². The van der Waals surface area contributed by atoms with Crippen LogP contribution in [0.25, 0.3) is 10.9 Å². The van der Waals surface area contributed by atoms with Crippen LogP contribution in [0.2, 0.25) is 0 Å². The van der Waals surface area contributed by atoms with Gasteiger partial charge in [-0.05, 0) is 29.8 Å². The molecule has 0 atom stereocenters. The number of fused-ring (bicyclic) bond motifs is 2. The van der Waals surface area contributed by atoms with Gasteiger partial charge in [-0.3, -0.25) is 4.79 Å². The molecule has 174 valence electrons. The first-order valence-corrected chi connectivity index (χ1v) is 12.1. The van der Waals surface area contributed by atoms with Gasteiger partial charge in [0, 0.05) is 30.1 Å². The molecule has 0 amide bonds. The fourth-order valence-electron chi connectivity index (χ4n) is 3.90. The Morgan fingerprint density at radius 1 is 0.882 bits per heavy atom. The van der Waals surface area contributed by atoms with E-state index in [4.69, 9.17) is 9.47 Å². The highest BCUT2D eigenvalue weighted by Crippen LogP contribution is 2.34. The third-order valence-electron chi connectivity index (χ3n) is 5.59. The van der Waals surface area contributed by atoms with Gasteiger partial charge in [-0.15, -0.1) is 0 Å². The molecular formula is C25H21FN2O5S. The number of H-pyrrole nitrogens is 1. The van der Waals surface area contributed by atoms with Crippen molar-refractivity contribution in [3.8, 4) is 11.5 Å². The SMILES string of the molecule is O=c1[nH]c2cc3c(cc2cc1CN(Cc1ccccc1)S(=O)(=O)c1ccccc1F)OCCO3. The molecule has 0 spiro atoms. The van der Waals surface area contributed by atoms with Crippen LogP contribution in [0.5, 0.6) is 11.5 Å². The van der Waals surface area contributed by atoms with Crippen molar-refractivity contribution < 1.29 is 22.3 Å². The van der Waals surface area contributed by atoms with Crippen molar-refractivity contribution in [2.24, 2.45) is 0 Å². The van der Waals surface area contributed by atoms with E-state index in [2.05, 4.69) is 4.98 Å². The highest BCUT2D eigenvalue weighted by Gasteiger charge is 2.28. The number of halogens is 1. The van der Waals surface area contributed by atoms with E-state index in [-0.39, 0.29) is 18.7 Å². The monoisotopic (exact) mass is 480 g/mol. The number of hydrogen-bond acceptors (Lipinski definition) is 5. The molecule has 0 aliphatic carbocycles. The van der Waals surface area contributed by atoms with E-state index in [1.165, 1.54) is 18.2 Å². The number of hydrogen-bond donors (Lipinski definition) is 1. The summed E-state index contributed by atoms with van der Waals surface area (Å²) in [7, 11) is -4.25. The van der Waals surface area contributed by atoms with E-state index < -0.39 is 26.3 Å². The first-order chi connectivity index (χ1) is 16.4. The highest BCUT2D eigenvalue weighted by atomic mass is 32.2. The second-order valence-electron chi connectivity index (χ2n) is 7.90. The van der Waals surface area contributed by atoms with Crippen LogP contribution in [0.15, 0.2) is 82.5 Å². The fraction of sp³-hybridized carbons (Fsp3) is 0.160. The average molecular weight is 481 g/mol. The van der Waals surface area contributed by atoms with Crippen LogP contribution >= 0.6 is 0 Å². The number of pyridine rings is 1. The van der Waals surface area contributed by atoms with Gasteiger partial charge in [0.15, 0.2) is 11.5 Å². The topological polar surface area (TPSA) is 88.7 Å². The Kier molecular flexibility index (Phi) is 5.80.